The van der Waals surface area contributed by atoms with Crippen LogP contribution in [0.3, 0.4) is 0 Å². The lowest BCUT2D eigenvalue weighted by molar-refractivity contribution is -0.125. The first kappa shape index (κ1) is 20.8. The van der Waals surface area contributed by atoms with Crippen molar-refractivity contribution in [3.8, 4) is 0 Å². The van der Waals surface area contributed by atoms with E-state index in [1.807, 2.05) is 4.90 Å². The molecule has 0 saturated carbocycles. The molecule has 1 atom stereocenters. The van der Waals surface area contributed by atoms with Gasteiger partial charge < -0.3 is 16.0 Å². The molecule has 1 aromatic rings. The highest BCUT2D eigenvalue weighted by Crippen LogP contribution is 2.15. The van der Waals surface area contributed by atoms with E-state index in [1.54, 1.807) is 0 Å². The second kappa shape index (κ2) is 9.96. The van der Waals surface area contributed by atoms with Gasteiger partial charge in [0.05, 0.1) is 13.1 Å². The maximum Gasteiger partial charge on any atom is 0.243 e. The number of amides is 3. The highest BCUT2D eigenvalue weighted by Gasteiger charge is 2.21. The van der Waals surface area contributed by atoms with Crippen LogP contribution in [-0.2, 0) is 14.4 Å². The van der Waals surface area contributed by atoms with Crippen molar-refractivity contribution in [2.24, 2.45) is 5.92 Å². The minimum absolute atomic E-state index is 0.0723. The number of halogens is 2. The Bertz CT molecular complexity index is 699. The van der Waals surface area contributed by atoms with Crippen LogP contribution in [0, 0.1) is 17.6 Å². The molecule has 0 radical (unpaired) electrons. The number of hydrogen-bond donors (Lipinski definition) is 3. The van der Waals surface area contributed by atoms with E-state index < -0.39 is 17.5 Å². The quantitative estimate of drug-likeness (QED) is 0.653. The highest BCUT2D eigenvalue weighted by atomic mass is 19.2. The van der Waals surface area contributed by atoms with Gasteiger partial charge >= 0.3 is 0 Å². The Hall–Kier alpha value is -2.55. The minimum Gasteiger partial charge on any atom is -0.356 e. The molecule has 9 heteroatoms. The molecule has 1 unspecified atom stereocenters. The minimum atomic E-state index is -1.06. The van der Waals surface area contributed by atoms with E-state index in [-0.39, 0.29) is 30.6 Å². The van der Waals surface area contributed by atoms with Crippen molar-refractivity contribution >= 4 is 23.4 Å². The van der Waals surface area contributed by atoms with Crippen molar-refractivity contribution in [3.63, 3.8) is 0 Å². The summed E-state index contributed by atoms with van der Waals surface area (Å²) in [5.74, 6) is -2.66. The van der Waals surface area contributed by atoms with Crippen LogP contribution in [-0.4, -0.2) is 55.3 Å². The van der Waals surface area contributed by atoms with E-state index in [1.165, 1.54) is 13.0 Å². The zero-order valence-corrected chi connectivity index (χ0v) is 15.2. The second-order valence-electron chi connectivity index (χ2n) is 6.63. The van der Waals surface area contributed by atoms with Crippen molar-refractivity contribution in [3.05, 3.63) is 29.8 Å². The van der Waals surface area contributed by atoms with Crippen molar-refractivity contribution in [2.75, 3.05) is 38.0 Å². The van der Waals surface area contributed by atoms with Gasteiger partial charge in [-0.05, 0) is 37.4 Å². The summed E-state index contributed by atoms with van der Waals surface area (Å²) in [5.41, 5.74) is 0.116. The Balaban J connectivity index is 1.71. The summed E-state index contributed by atoms with van der Waals surface area (Å²) < 4.78 is 26.0. The summed E-state index contributed by atoms with van der Waals surface area (Å²) in [5, 5.41) is 7.69. The van der Waals surface area contributed by atoms with Gasteiger partial charge in [-0.3, -0.25) is 19.3 Å². The van der Waals surface area contributed by atoms with Gasteiger partial charge in [-0.1, -0.05) is 0 Å². The summed E-state index contributed by atoms with van der Waals surface area (Å²) in [6.07, 6.45) is 1.93. The molecular weight excluding hydrogens is 358 g/mol. The largest absolute Gasteiger partial charge is 0.356 e. The van der Waals surface area contributed by atoms with Gasteiger partial charge in [0.15, 0.2) is 11.6 Å². The second-order valence-corrected chi connectivity index (χ2v) is 6.63. The predicted octanol–water partition coefficient (Wildman–Crippen LogP) is 0.868. The average Bonchev–Trinajstić information content (AvgIpc) is 2.62. The fourth-order valence-corrected chi connectivity index (χ4v) is 2.97. The van der Waals surface area contributed by atoms with Crippen molar-refractivity contribution in [1.29, 1.82) is 0 Å². The summed E-state index contributed by atoms with van der Waals surface area (Å²) in [6.45, 7) is 3.44. The molecule has 3 N–H and O–H groups in total. The van der Waals surface area contributed by atoms with Gasteiger partial charge in [-0.15, -0.1) is 0 Å². The summed E-state index contributed by atoms with van der Waals surface area (Å²) in [4.78, 5) is 36.8. The number of benzene rings is 1. The SMILES string of the molecule is CC(=O)NCC1CCCN(CC(=O)NCC(=O)Nc2ccc(F)c(F)c2)C1. The average molecular weight is 382 g/mol. The number of nitrogens with one attached hydrogen (secondary N) is 3. The van der Waals surface area contributed by atoms with E-state index in [9.17, 15) is 23.2 Å². The summed E-state index contributed by atoms with van der Waals surface area (Å²) >= 11 is 0. The molecule has 0 bridgehead atoms. The monoisotopic (exact) mass is 382 g/mol. The lowest BCUT2D eigenvalue weighted by Gasteiger charge is -2.32. The topological polar surface area (TPSA) is 90.5 Å². The number of hydrogen-bond acceptors (Lipinski definition) is 4. The molecule has 0 aliphatic carbocycles. The van der Waals surface area contributed by atoms with Crippen LogP contribution in [0.2, 0.25) is 0 Å². The third-order valence-electron chi connectivity index (χ3n) is 4.26. The maximum atomic E-state index is 13.1. The predicted molar refractivity (Wildman–Crippen MR) is 95.8 cm³/mol. The standard InChI is InChI=1S/C18H24F2N4O3/c1-12(25)21-8-13-3-2-6-24(10-13)11-18(27)22-9-17(26)23-14-4-5-15(19)16(20)7-14/h4-5,7,13H,2-3,6,8-11H2,1H3,(H,21,25)(H,22,27)(H,23,26). The van der Waals surface area contributed by atoms with Crippen molar-refractivity contribution < 1.29 is 23.2 Å². The van der Waals surface area contributed by atoms with Crippen LogP contribution < -0.4 is 16.0 Å². The van der Waals surface area contributed by atoms with Gasteiger partial charge in [0.1, 0.15) is 0 Å². The van der Waals surface area contributed by atoms with Crippen molar-refractivity contribution in [1.82, 2.24) is 15.5 Å². The van der Waals surface area contributed by atoms with Crippen LogP contribution >= 0.6 is 0 Å². The van der Waals surface area contributed by atoms with Crippen LogP contribution in [0.5, 0.6) is 0 Å². The normalized spacial score (nSPS) is 17.2. The molecule has 1 fully saturated rings. The first-order chi connectivity index (χ1) is 12.8. The van der Waals surface area contributed by atoms with Gasteiger partial charge in [-0.25, -0.2) is 8.78 Å². The van der Waals surface area contributed by atoms with Crippen LogP contribution in [0.1, 0.15) is 19.8 Å². The Morgan fingerprint density at radius 3 is 2.63 bits per heavy atom. The van der Waals surface area contributed by atoms with Gasteiger partial charge in [0.25, 0.3) is 0 Å². The Labute approximate surface area is 156 Å². The first-order valence-electron chi connectivity index (χ1n) is 8.82. The summed E-state index contributed by atoms with van der Waals surface area (Å²) in [7, 11) is 0. The molecule has 1 aliphatic rings. The van der Waals surface area contributed by atoms with Gasteiger partial charge in [-0.2, -0.15) is 0 Å². The van der Waals surface area contributed by atoms with E-state index in [0.29, 0.717) is 19.0 Å². The molecular formula is C18H24F2N4O3. The number of nitrogens with zero attached hydrogens (tertiary/aromatic N) is 1. The zero-order chi connectivity index (χ0) is 19.8. The number of anilines is 1. The molecule has 1 aromatic carbocycles. The smallest absolute Gasteiger partial charge is 0.243 e. The van der Waals surface area contributed by atoms with E-state index in [0.717, 1.165) is 31.5 Å². The molecule has 7 nitrogen and oxygen atoms in total. The third-order valence-corrected chi connectivity index (χ3v) is 4.26. The number of carbonyl (C=O) groups is 3. The lowest BCUT2D eigenvalue weighted by atomic mass is 9.98. The molecule has 3 amide bonds. The molecule has 0 aromatic heterocycles. The fourth-order valence-electron chi connectivity index (χ4n) is 2.97. The zero-order valence-electron chi connectivity index (χ0n) is 15.2. The lowest BCUT2D eigenvalue weighted by Crippen LogP contribution is -2.46. The van der Waals surface area contributed by atoms with Crippen molar-refractivity contribution in [2.45, 2.75) is 19.8 Å². The Morgan fingerprint density at radius 2 is 1.93 bits per heavy atom. The van der Waals surface area contributed by atoms with Gasteiger partial charge in [0, 0.05) is 31.8 Å². The number of piperidine rings is 1. The molecule has 27 heavy (non-hydrogen) atoms. The molecule has 1 saturated heterocycles. The Morgan fingerprint density at radius 1 is 1.15 bits per heavy atom. The first-order valence-corrected chi connectivity index (χ1v) is 8.82. The number of carbonyl (C=O) groups excluding carboxylic acids is 3. The summed E-state index contributed by atoms with van der Waals surface area (Å²) in [6, 6.07) is 3.02. The number of rotatable bonds is 7. The van der Waals surface area contributed by atoms with E-state index in [2.05, 4.69) is 16.0 Å². The van der Waals surface area contributed by atoms with Gasteiger partial charge in [0.2, 0.25) is 17.7 Å². The highest BCUT2D eigenvalue weighted by molar-refractivity contribution is 5.94. The maximum absolute atomic E-state index is 13.1. The molecule has 2 rings (SSSR count). The Kier molecular flexibility index (Phi) is 7.66. The third kappa shape index (κ3) is 7.30. The van der Waals surface area contributed by atoms with Crippen LogP contribution in [0.4, 0.5) is 14.5 Å². The molecule has 1 heterocycles. The van der Waals surface area contributed by atoms with E-state index in [4.69, 9.17) is 0 Å². The molecule has 0 spiro atoms. The molecule has 1 aliphatic heterocycles. The van der Waals surface area contributed by atoms with E-state index >= 15 is 0 Å². The van der Waals surface area contributed by atoms with Crippen LogP contribution in [0.15, 0.2) is 18.2 Å². The van der Waals surface area contributed by atoms with Crippen LogP contribution in [0.25, 0.3) is 0 Å². The fraction of sp³-hybridized carbons (Fsp3) is 0.500. The molecule has 148 valence electrons. The number of likely N-dealkylation sites (tertiary alicyclic amines) is 1.